The lowest BCUT2D eigenvalue weighted by Gasteiger charge is -2.08. The number of pyridine rings is 1. The Morgan fingerprint density at radius 3 is 2.93 bits per heavy atom. The van der Waals surface area contributed by atoms with Crippen LogP contribution in [0.25, 0.3) is 0 Å². The highest BCUT2D eigenvalue weighted by molar-refractivity contribution is 5.83. The largest absolute Gasteiger partial charge is 0.315 e. The van der Waals surface area contributed by atoms with Crippen LogP contribution in [0.1, 0.15) is 19.3 Å². The van der Waals surface area contributed by atoms with Crippen LogP contribution in [-0.4, -0.2) is 10.4 Å². The lowest BCUT2D eigenvalue weighted by atomic mass is 10.0. The van der Waals surface area contributed by atoms with Gasteiger partial charge in [-0.05, 0) is 25.3 Å². The van der Waals surface area contributed by atoms with Crippen LogP contribution in [-0.2, 0) is 11.3 Å². The maximum atomic E-state index is 11.4. The van der Waals surface area contributed by atoms with Gasteiger partial charge in [0.25, 0.3) is 5.56 Å². The van der Waals surface area contributed by atoms with Crippen molar-refractivity contribution in [2.75, 3.05) is 0 Å². The Kier molecular flexibility index (Phi) is 2.99. The van der Waals surface area contributed by atoms with Gasteiger partial charge in [0.15, 0.2) is 0 Å². The molecule has 79 valence electrons. The first-order chi connectivity index (χ1) is 7.27. The molecule has 3 nitrogen and oxygen atoms in total. The van der Waals surface area contributed by atoms with Crippen LogP contribution in [0.2, 0.25) is 0 Å². The first-order valence-corrected chi connectivity index (χ1v) is 5.29. The Balaban J connectivity index is 1.96. The molecule has 1 aromatic rings. The molecule has 2 rings (SSSR count). The number of nitrogens with zero attached hydrogens (tertiary/aromatic N) is 1. The van der Waals surface area contributed by atoms with Gasteiger partial charge in [-0.2, -0.15) is 0 Å². The summed E-state index contributed by atoms with van der Waals surface area (Å²) in [5.74, 6) is 0.385. The molecular weight excluding hydrogens is 190 g/mol. The molecule has 0 amide bonds. The normalized spacial score (nSPS) is 20.8. The maximum Gasteiger partial charge on any atom is 0.250 e. The van der Waals surface area contributed by atoms with Gasteiger partial charge in [-0.3, -0.25) is 9.59 Å². The molecule has 1 aromatic heterocycles. The summed E-state index contributed by atoms with van der Waals surface area (Å²) < 4.78 is 1.62. The van der Waals surface area contributed by atoms with Crippen LogP contribution in [0.5, 0.6) is 0 Å². The van der Waals surface area contributed by atoms with Gasteiger partial charge in [-0.15, -0.1) is 0 Å². The molecule has 0 N–H and O–H groups in total. The van der Waals surface area contributed by atoms with E-state index in [0.717, 1.165) is 12.8 Å². The minimum atomic E-state index is -0.0146. The molecule has 0 aromatic carbocycles. The summed E-state index contributed by atoms with van der Waals surface area (Å²) in [6.45, 7) is 0.538. The van der Waals surface area contributed by atoms with Gasteiger partial charge < -0.3 is 4.57 Å². The Morgan fingerprint density at radius 2 is 2.27 bits per heavy atom. The predicted octanol–water partition coefficient (Wildman–Crippen LogP) is 1.42. The first kappa shape index (κ1) is 10.1. The average molecular weight is 204 g/mol. The third kappa shape index (κ3) is 2.35. The van der Waals surface area contributed by atoms with Crippen molar-refractivity contribution >= 4 is 5.78 Å². The molecule has 1 fully saturated rings. The number of Topliss-reactive ketones (excluding diaryl/α,β-unsaturated/α-hetero) is 1. The van der Waals surface area contributed by atoms with Crippen LogP contribution in [0.3, 0.4) is 0 Å². The quantitative estimate of drug-likeness (QED) is 0.747. The Bertz CT molecular complexity index is 408. The zero-order valence-corrected chi connectivity index (χ0v) is 8.56. The Morgan fingerprint density at radius 1 is 1.40 bits per heavy atom. The van der Waals surface area contributed by atoms with Crippen LogP contribution < -0.4 is 5.56 Å². The smallest absolute Gasteiger partial charge is 0.250 e. The van der Waals surface area contributed by atoms with E-state index in [1.165, 1.54) is 6.07 Å². The summed E-state index contributed by atoms with van der Waals surface area (Å²) in [5, 5.41) is 0. The van der Waals surface area contributed by atoms with Crippen LogP contribution >= 0.6 is 0 Å². The Hall–Kier alpha value is -1.38. The number of carbonyl (C=O) groups excluding carboxylic acids is 1. The van der Waals surface area contributed by atoms with Crippen molar-refractivity contribution < 1.29 is 4.79 Å². The number of rotatable bonds is 3. The molecule has 0 aliphatic heterocycles. The van der Waals surface area contributed by atoms with E-state index in [4.69, 9.17) is 0 Å². The highest BCUT2D eigenvalue weighted by Crippen LogP contribution is 2.23. The zero-order chi connectivity index (χ0) is 10.7. The molecule has 1 radical (unpaired) electrons. The molecule has 0 saturated heterocycles. The van der Waals surface area contributed by atoms with E-state index >= 15 is 0 Å². The third-order valence-corrected chi connectivity index (χ3v) is 2.84. The molecule has 15 heavy (non-hydrogen) atoms. The number of ketones is 1. The molecule has 0 bridgehead atoms. The van der Waals surface area contributed by atoms with Crippen LogP contribution in [0.15, 0.2) is 29.2 Å². The fourth-order valence-corrected chi connectivity index (χ4v) is 1.94. The first-order valence-electron chi connectivity index (χ1n) is 5.29. The second-order valence-corrected chi connectivity index (χ2v) is 3.89. The number of hydrogen-bond acceptors (Lipinski definition) is 2. The minimum Gasteiger partial charge on any atom is -0.315 e. The lowest BCUT2D eigenvalue weighted by molar-refractivity contribution is -0.119. The van der Waals surface area contributed by atoms with E-state index in [-0.39, 0.29) is 11.5 Å². The van der Waals surface area contributed by atoms with Gasteiger partial charge in [0.05, 0.1) is 0 Å². The summed E-state index contributed by atoms with van der Waals surface area (Å²) in [5.41, 5.74) is -0.0146. The Labute approximate surface area is 88.7 Å². The summed E-state index contributed by atoms with van der Waals surface area (Å²) in [7, 11) is 0. The summed E-state index contributed by atoms with van der Waals surface area (Å²) in [6, 6.07) is 5.08. The summed E-state index contributed by atoms with van der Waals surface area (Å²) in [6.07, 6.45) is 6.34. The van der Waals surface area contributed by atoms with E-state index in [2.05, 4.69) is 0 Å². The van der Waals surface area contributed by atoms with Crippen molar-refractivity contribution in [3.63, 3.8) is 0 Å². The summed E-state index contributed by atoms with van der Waals surface area (Å²) in [4.78, 5) is 22.7. The highest BCUT2D eigenvalue weighted by Gasteiger charge is 2.23. The van der Waals surface area contributed by atoms with E-state index in [1.807, 2.05) is 12.5 Å². The van der Waals surface area contributed by atoms with E-state index in [9.17, 15) is 9.59 Å². The van der Waals surface area contributed by atoms with Gasteiger partial charge in [0.2, 0.25) is 0 Å². The number of carbonyl (C=O) groups is 1. The highest BCUT2D eigenvalue weighted by atomic mass is 16.1. The standard InChI is InChI=1S/C12H14NO2/c14-11-5-3-4-10(11)7-9-13-8-2-1-6-12(13)15/h1-2,6-8,10H,3-5,9H2. The van der Waals surface area contributed by atoms with Gasteiger partial charge >= 0.3 is 0 Å². The lowest BCUT2D eigenvalue weighted by Crippen LogP contribution is -2.20. The molecular formula is C12H14NO2. The van der Waals surface area contributed by atoms with Crippen molar-refractivity contribution in [3.05, 3.63) is 41.2 Å². The third-order valence-electron chi connectivity index (χ3n) is 2.84. The van der Waals surface area contributed by atoms with Crippen LogP contribution in [0, 0.1) is 12.3 Å². The van der Waals surface area contributed by atoms with Gasteiger partial charge in [0.1, 0.15) is 5.78 Å². The molecule has 1 saturated carbocycles. The minimum absolute atomic E-state index is 0.0146. The van der Waals surface area contributed by atoms with E-state index in [1.54, 1.807) is 16.8 Å². The molecule has 1 aliphatic carbocycles. The average Bonchev–Trinajstić information content (AvgIpc) is 2.63. The number of hydrogen-bond donors (Lipinski definition) is 0. The van der Waals surface area contributed by atoms with E-state index in [0.29, 0.717) is 18.7 Å². The van der Waals surface area contributed by atoms with Gasteiger partial charge in [-0.1, -0.05) is 6.07 Å². The maximum absolute atomic E-state index is 11.4. The van der Waals surface area contributed by atoms with Crippen molar-refractivity contribution in [3.8, 4) is 0 Å². The van der Waals surface area contributed by atoms with Gasteiger partial charge in [-0.25, -0.2) is 0 Å². The topological polar surface area (TPSA) is 39.1 Å². The molecule has 1 unspecified atom stereocenters. The van der Waals surface area contributed by atoms with Crippen molar-refractivity contribution in [1.29, 1.82) is 0 Å². The monoisotopic (exact) mass is 204 g/mol. The van der Waals surface area contributed by atoms with E-state index < -0.39 is 0 Å². The van der Waals surface area contributed by atoms with Crippen molar-refractivity contribution in [2.24, 2.45) is 5.92 Å². The second kappa shape index (κ2) is 4.43. The SMILES string of the molecule is O=C1CCCC1[CH]Cn1ccccc1=O. The molecule has 1 atom stereocenters. The fourth-order valence-electron chi connectivity index (χ4n) is 1.94. The van der Waals surface area contributed by atoms with Crippen LogP contribution in [0.4, 0.5) is 0 Å². The fraction of sp³-hybridized carbons (Fsp3) is 0.417. The number of aromatic nitrogens is 1. The van der Waals surface area contributed by atoms with Crippen molar-refractivity contribution in [2.45, 2.75) is 25.8 Å². The molecule has 3 heteroatoms. The molecule has 1 aliphatic rings. The van der Waals surface area contributed by atoms with Crippen molar-refractivity contribution in [1.82, 2.24) is 4.57 Å². The van der Waals surface area contributed by atoms with Gasteiger partial charge in [0, 0.05) is 31.1 Å². The zero-order valence-electron chi connectivity index (χ0n) is 8.56. The predicted molar refractivity (Wildman–Crippen MR) is 57.4 cm³/mol. The molecule has 1 heterocycles. The second-order valence-electron chi connectivity index (χ2n) is 3.89. The summed E-state index contributed by atoms with van der Waals surface area (Å²) >= 11 is 0. The molecule has 0 spiro atoms.